The van der Waals surface area contributed by atoms with Crippen molar-refractivity contribution in [1.82, 2.24) is 18.8 Å². The number of rotatable bonds is 3. The van der Waals surface area contributed by atoms with E-state index in [2.05, 4.69) is 9.82 Å². The summed E-state index contributed by atoms with van der Waals surface area (Å²) in [7, 11) is -2.46. The lowest BCUT2D eigenvalue weighted by atomic mass is 9.79. The maximum Gasteiger partial charge on any atom is 0.402 e. The minimum atomic E-state index is -4.61. The molecule has 2 aliphatic carbocycles. The molecule has 2 heterocycles. The lowest BCUT2D eigenvalue weighted by Crippen LogP contribution is -2.52. The summed E-state index contributed by atoms with van der Waals surface area (Å²) in [5, 5.41) is 4.60. The molecule has 3 aliphatic rings. The van der Waals surface area contributed by atoms with Crippen LogP contribution in [0, 0.1) is 17.7 Å². The van der Waals surface area contributed by atoms with E-state index in [1.807, 2.05) is 24.3 Å². The fourth-order valence-electron chi connectivity index (χ4n) is 6.53. The molecule has 2 aromatic carbocycles. The summed E-state index contributed by atoms with van der Waals surface area (Å²) in [5.41, 5.74) is 3.86. The van der Waals surface area contributed by atoms with Gasteiger partial charge in [-0.25, -0.2) is 4.39 Å². The molecule has 196 valence electrons. The Balaban J connectivity index is 1.32. The minimum absolute atomic E-state index is 0.0832. The first-order valence-electron chi connectivity index (χ1n) is 12.2. The van der Waals surface area contributed by atoms with Gasteiger partial charge >= 0.3 is 6.18 Å². The maximum atomic E-state index is 14.4. The SMILES string of the molecule is Cn1nc(-c2ccc3c(c2)C[C@@H]2CC[C@H](C3)[C@]23CN(CC(F)(F)F)S(=O)(=O)N3)cc1-c1ccccc1F. The van der Waals surface area contributed by atoms with Gasteiger partial charge in [-0.05, 0) is 72.9 Å². The molecule has 1 aromatic heterocycles. The predicted molar refractivity (Wildman–Crippen MR) is 130 cm³/mol. The molecule has 2 bridgehead atoms. The molecular formula is C26H26F4N4O2S. The van der Waals surface area contributed by atoms with Gasteiger partial charge in [0.05, 0.1) is 16.9 Å². The Morgan fingerprint density at radius 1 is 1.05 bits per heavy atom. The van der Waals surface area contributed by atoms with Crippen LogP contribution < -0.4 is 4.72 Å². The molecule has 11 heteroatoms. The van der Waals surface area contributed by atoms with E-state index in [0.29, 0.717) is 34.1 Å². The Morgan fingerprint density at radius 3 is 2.46 bits per heavy atom. The number of hydrogen-bond donors (Lipinski definition) is 1. The van der Waals surface area contributed by atoms with Crippen LogP contribution in [0.25, 0.3) is 22.5 Å². The fourth-order valence-corrected chi connectivity index (χ4v) is 8.24. The second-order valence-corrected chi connectivity index (χ2v) is 12.1. The lowest BCUT2D eigenvalue weighted by Gasteiger charge is -2.33. The van der Waals surface area contributed by atoms with Gasteiger partial charge in [-0.3, -0.25) is 4.68 Å². The third kappa shape index (κ3) is 4.17. The first-order valence-corrected chi connectivity index (χ1v) is 13.7. The standard InChI is InChI=1S/C26H26F4N4O2S/c1-33-24(21-4-2-3-5-22(21)27)13-23(31-33)17-7-6-16-11-19-8-9-20(12-18(16)10-17)25(19)14-34(15-26(28,29)30)37(35,36)32-25/h2-7,10,13,19-20,32H,8-9,11-12,14-15H2,1H3/t19-,20+,25-/m1/s1. The van der Waals surface area contributed by atoms with Crippen molar-refractivity contribution in [3.63, 3.8) is 0 Å². The molecule has 1 saturated carbocycles. The largest absolute Gasteiger partial charge is 0.402 e. The van der Waals surface area contributed by atoms with Crippen molar-refractivity contribution in [2.24, 2.45) is 18.9 Å². The Morgan fingerprint density at radius 2 is 1.76 bits per heavy atom. The normalized spacial score (nSPS) is 26.9. The summed E-state index contributed by atoms with van der Waals surface area (Å²) in [4.78, 5) is 0. The Labute approximate surface area is 212 Å². The molecule has 6 nitrogen and oxygen atoms in total. The molecule has 0 amide bonds. The smallest absolute Gasteiger partial charge is 0.267 e. The number of alkyl halides is 3. The Kier molecular flexibility index (Phi) is 5.56. The van der Waals surface area contributed by atoms with Crippen LogP contribution in [0.5, 0.6) is 0 Å². The lowest BCUT2D eigenvalue weighted by molar-refractivity contribution is -0.136. The molecule has 2 fully saturated rings. The van der Waals surface area contributed by atoms with Crippen molar-refractivity contribution in [3.8, 4) is 22.5 Å². The molecule has 0 unspecified atom stereocenters. The summed E-state index contributed by atoms with van der Waals surface area (Å²) >= 11 is 0. The van der Waals surface area contributed by atoms with E-state index in [1.165, 1.54) is 6.07 Å². The van der Waals surface area contributed by atoms with Crippen molar-refractivity contribution >= 4 is 10.2 Å². The highest BCUT2D eigenvalue weighted by Crippen LogP contribution is 2.51. The molecule has 0 radical (unpaired) electrons. The van der Waals surface area contributed by atoms with E-state index in [0.717, 1.165) is 29.5 Å². The quantitative estimate of drug-likeness (QED) is 0.505. The average molecular weight is 535 g/mol. The van der Waals surface area contributed by atoms with Gasteiger partial charge in [0, 0.05) is 24.7 Å². The molecule has 3 atom stereocenters. The number of benzene rings is 2. The van der Waals surface area contributed by atoms with E-state index in [9.17, 15) is 26.0 Å². The van der Waals surface area contributed by atoms with Crippen LogP contribution in [0.2, 0.25) is 0 Å². The van der Waals surface area contributed by atoms with Crippen molar-refractivity contribution in [2.75, 3.05) is 13.1 Å². The molecule has 1 spiro atoms. The van der Waals surface area contributed by atoms with E-state index in [4.69, 9.17) is 0 Å². The van der Waals surface area contributed by atoms with Gasteiger partial charge in [0.15, 0.2) is 0 Å². The minimum Gasteiger partial charge on any atom is -0.267 e. The molecule has 37 heavy (non-hydrogen) atoms. The van der Waals surface area contributed by atoms with Crippen LogP contribution in [-0.4, -0.2) is 47.3 Å². The van der Waals surface area contributed by atoms with Crippen molar-refractivity contribution in [2.45, 2.75) is 37.4 Å². The van der Waals surface area contributed by atoms with Crippen molar-refractivity contribution in [1.29, 1.82) is 0 Å². The summed E-state index contributed by atoms with van der Waals surface area (Å²) in [6, 6.07) is 14.3. The molecule has 6 rings (SSSR count). The number of nitrogens with one attached hydrogen (secondary N) is 1. The second kappa shape index (κ2) is 8.37. The van der Waals surface area contributed by atoms with Crippen molar-refractivity contribution in [3.05, 3.63) is 65.5 Å². The molecule has 3 aromatic rings. The molecule has 1 saturated heterocycles. The highest BCUT2D eigenvalue weighted by atomic mass is 32.2. The molecule has 1 aliphatic heterocycles. The third-order valence-corrected chi connectivity index (χ3v) is 9.81. The van der Waals surface area contributed by atoms with Gasteiger partial charge in [0.2, 0.25) is 0 Å². The monoisotopic (exact) mass is 534 g/mol. The number of nitrogens with zero attached hydrogens (tertiary/aromatic N) is 3. The highest BCUT2D eigenvalue weighted by molar-refractivity contribution is 7.87. The molecular weight excluding hydrogens is 508 g/mol. The van der Waals surface area contributed by atoms with Crippen LogP contribution in [0.1, 0.15) is 24.0 Å². The number of hydrogen-bond acceptors (Lipinski definition) is 3. The number of aromatic nitrogens is 2. The summed E-state index contributed by atoms with van der Waals surface area (Å²) in [6.07, 6.45) is -1.93. The Bertz CT molecular complexity index is 1490. The summed E-state index contributed by atoms with van der Waals surface area (Å²) in [5.74, 6) is -0.529. The Hall–Kier alpha value is -2.76. The van der Waals surface area contributed by atoms with Crippen LogP contribution in [0.4, 0.5) is 17.6 Å². The zero-order valence-corrected chi connectivity index (χ0v) is 20.9. The van der Waals surface area contributed by atoms with Gasteiger partial charge < -0.3 is 0 Å². The summed E-state index contributed by atoms with van der Waals surface area (Å²) < 4.78 is 84.0. The van der Waals surface area contributed by atoms with Gasteiger partial charge in [0.25, 0.3) is 10.2 Å². The first-order chi connectivity index (χ1) is 17.5. The van der Waals surface area contributed by atoms with Gasteiger partial charge in [-0.1, -0.05) is 24.3 Å². The predicted octanol–water partition coefficient (Wildman–Crippen LogP) is 4.47. The second-order valence-electron chi connectivity index (χ2n) is 10.4. The zero-order valence-electron chi connectivity index (χ0n) is 20.1. The fraction of sp³-hybridized carbons (Fsp3) is 0.423. The van der Waals surface area contributed by atoms with Crippen molar-refractivity contribution < 1.29 is 26.0 Å². The number of halogens is 4. The van der Waals surface area contributed by atoms with Crippen LogP contribution in [0.15, 0.2) is 48.5 Å². The zero-order chi connectivity index (χ0) is 26.2. The first kappa shape index (κ1) is 24.6. The van der Waals surface area contributed by atoms with Crippen LogP contribution in [0.3, 0.4) is 0 Å². The van der Waals surface area contributed by atoms with E-state index in [-0.39, 0.29) is 24.2 Å². The topological polar surface area (TPSA) is 67.2 Å². The van der Waals surface area contributed by atoms with Crippen LogP contribution >= 0.6 is 0 Å². The van der Waals surface area contributed by atoms with Gasteiger partial charge in [-0.15, -0.1) is 0 Å². The average Bonchev–Trinajstić information content (AvgIpc) is 3.38. The molecule has 1 N–H and O–H groups in total. The number of aryl methyl sites for hydroxylation is 1. The van der Waals surface area contributed by atoms with Crippen LogP contribution in [-0.2, 0) is 30.1 Å². The van der Waals surface area contributed by atoms with E-state index < -0.39 is 28.5 Å². The third-order valence-electron chi connectivity index (χ3n) is 8.24. The maximum absolute atomic E-state index is 14.4. The van der Waals surface area contributed by atoms with E-state index >= 15 is 0 Å². The number of fused-ring (bicyclic) bond motifs is 1. The highest BCUT2D eigenvalue weighted by Gasteiger charge is 2.60. The van der Waals surface area contributed by atoms with Gasteiger partial charge in [0.1, 0.15) is 12.4 Å². The van der Waals surface area contributed by atoms with Gasteiger partial charge in [-0.2, -0.15) is 35.7 Å². The van der Waals surface area contributed by atoms with E-state index in [1.54, 1.807) is 29.9 Å². The summed E-state index contributed by atoms with van der Waals surface area (Å²) in [6.45, 7) is -1.65.